The Hall–Kier alpha value is -1.36. The van der Waals surface area contributed by atoms with Crippen molar-refractivity contribution in [1.29, 1.82) is 0 Å². The van der Waals surface area contributed by atoms with Gasteiger partial charge in [0, 0.05) is 19.4 Å². The van der Waals surface area contributed by atoms with Gasteiger partial charge in [-0.05, 0) is 12.8 Å². The van der Waals surface area contributed by atoms with Gasteiger partial charge in [0.25, 0.3) is 5.67 Å². The van der Waals surface area contributed by atoms with E-state index in [1.165, 1.54) is 5.32 Å². The molecule has 0 spiro atoms. The van der Waals surface area contributed by atoms with Crippen molar-refractivity contribution >= 4 is 16.0 Å². The van der Waals surface area contributed by atoms with E-state index in [0.717, 1.165) is 0 Å². The number of hydrogen-bond acceptors (Lipinski definition) is 4. The largest absolute Gasteiger partial charge is 0.544 e. The first kappa shape index (κ1) is 29.6. The molecule has 0 aliphatic carbocycles. The molecule has 17 heteroatoms. The zero-order valence-corrected chi connectivity index (χ0v) is 16.4. The lowest BCUT2D eigenvalue weighted by Gasteiger charge is -2.33. The average molecular weight is 502 g/mol. The predicted molar refractivity (Wildman–Crippen MR) is 82.4 cm³/mol. The van der Waals surface area contributed by atoms with Crippen LogP contribution in [0.25, 0.3) is 0 Å². The van der Waals surface area contributed by atoms with Crippen molar-refractivity contribution in [3.8, 4) is 0 Å². The van der Waals surface area contributed by atoms with Crippen LogP contribution < -0.4 is 15.1 Å². The molecule has 1 atom stereocenters. The molecule has 0 amide bonds. The number of nitrogens with two attached hydrogens (primary N) is 1. The van der Waals surface area contributed by atoms with Crippen molar-refractivity contribution in [3.63, 3.8) is 0 Å². The average Bonchev–Trinajstić information content (AvgIpc) is 2.53. The summed E-state index contributed by atoms with van der Waals surface area (Å²) in [5.74, 6) is -5.82. The molecule has 0 aromatic rings. The molecule has 0 rings (SSSR count). The third-order valence-corrected chi connectivity index (χ3v) is 5.54. The minimum Gasteiger partial charge on any atom is -0.544 e. The molecular formula is C14H20F10N2O4S. The molecule has 0 fully saturated rings. The molecule has 0 saturated carbocycles. The number of aliphatic carboxylic acids is 1. The van der Waals surface area contributed by atoms with Gasteiger partial charge in [-0.1, -0.05) is 0 Å². The first-order valence-electron chi connectivity index (χ1n) is 8.61. The van der Waals surface area contributed by atoms with E-state index in [4.69, 9.17) is 0 Å². The summed E-state index contributed by atoms with van der Waals surface area (Å²) < 4.78 is 153. The van der Waals surface area contributed by atoms with Crippen LogP contribution in [0.5, 0.6) is 0 Å². The standard InChI is InChI=1S/C14H20F10N2O4S/c15-11(13(19,20)21,14(22,23)24)7-9(12(16,17)18)3-1-6-31(29,30)26-5-2-4-25-8-10(27)28/h9,25-26H,1-8H2,(H,27,28). The minimum absolute atomic E-state index is 0.110. The third kappa shape index (κ3) is 10.2. The van der Waals surface area contributed by atoms with Crippen molar-refractivity contribution < 1.29 is 67.5 Å². The number of carbonyl (C=O) groups excluding carboxylic acids is 1. The van der Waals surface area contributed by atoms with Gasteiger partial charge in [-0.3, -0.25) is 0 Å². The first-order chi connectivity index (χ1) is 13.7. The Kier molecular flexibility index (Phi) is 10.5. The minimum atomic E-state index is -6.66. The molecule has 186 valence electrons. The number of sulfonamides is 1. The maximum absolute atomic E-state index is 13.6. The number of carbonyl (C=O) groups is 1. The normalized spacial score (nSPS) is 15.2. The lowest BCUT2D eigenvalue weighted by molar-refractivity contribution is -0.650. The van der Waals surface area contributed by atoms with Gasteiger partial charge in [0.05, 0.1) is 24.2 Å². The van der Waals surface area contributed by atoms with Gasteiger partial charge in [-0.15, -0.1) is 0 Å². The molecule has 0 aromatic carbocycles. The van der Waals surface area contributed by atoms with E-state index in [0.29, 0.717) is 0 Å². The Balaban J connectivity index is 4.91. The lowest BCUT2D eigenvalue weighted by atomic mass is 9.87. The number of carboxylic acid groups (broad SMARTS) is 1. The van der Waals surface area contributed by atoms with Crippen LogP contribution in [-0.4, -0.2) is 64.0 Å². The van der Waals surface area contributed by atoms with Gasteiger partial charge < -0.3 is 15.2 Å². The Bertz CT molecular complexity index is 662. The Morgan fingerprint density at radius 1 is 0.935 bits per heavy atom. The van der Waals surface area contributed by atoms with E-state index in [1.54, 1.807) is 0 Å². The molecular weight excluding hydrogens is 482 g/mol. The summed E-state index contributed by atoms with van der Waals surface area (Å²) >= 11 is 0. The maximum atomic E-state index is 13.6. The van der Waals surface area contributed by atoms with Crippen LogP contribution in [-0.2, 0) is 14.8 Å². The first-order valence-corrected chi connectivity index (χ1v) is 10.3. The van der Waals surface area contributed by atoms with E-state index in [-0.39, 0.29) is 19.5 Å². The number of hydrogen-bond donors (Lipinski definition) is 2. The molecule has 1 unspecified atom stereocenters. The highest BCUT2D eigenvalue weighted by molar-refractivity contribution is 7.89. The Labute approximate surface area is 170 Å². The van der Waals surface area contributed by atoms with Crippen LogP contribution in [0.1, 0.15) is 25.7 Å². The van der Waals surface area contributed by atoms with Crippen LogP contribution >= 0.6 is 0 Å². The van der Waals surface area contributed by atoms with Crippen LogP contribution in [0.3, 0.4) is 0 Å². The zero-order chi connectivity index (χ0) is 24.7. The highest BCUT2D eigenvalue weighted by Crippen LogP contribution is 2.52. The molecule has 0 aliphatic rings. The van der Waals surface area contributed by atoms with Crippen molar-refractivity contribution in [3.05, 3.63) is 0 Å². The molecule has 0 aromatic heterocycles. The second-order valence-electron chi connectivity index (χ2n) is 6.60. The van der Waals surface area contributed by atoms with Gasteiger partial charge in [-0.2, -0.15) is 39.5 Å². The third-order valence-electron chi connectivity index (χ3n) is 4.07. The SMILES string of the molecule is O=C([O-])C[NH2+]CCCNS(=O)(=O)CCCC(CC(F)(C(F)(F)F)C(F)(F)F)C(F)(F)F. The monoisotopic (exact) mass is 502 g/mol. The maximum Gasteiger partial charge on any atom is 0.431 e. The summed E-state index contributed by atoms with van der Waals surface area (Å²) in [7, 11) is -4.22. The van der Waals surface area contributed by atoms with Crippen LogP contribution in [0.4, 0.5) is 43.9 Å². The van der Waals surface area contributed by atoms with E-state index >= 15 is 0 Å². The fourth-order valence-corrected chi connectivity index (χ4v) is 3.55. The van der Waals surface area contributed by atoms with E-state index in [1.807, 2.05) is 4.72 Å². The molecule has 6 nitrogen and oxygen atoms in total. The number of alkyl halides is 10. The topological polar surface area (TPSA) is 103 Å². The van der Waals surface area contributed by atoms with E-state index < -0.39 is 77.7 Å². The highest BCUT2D eigenvalue weighted by atomic mass is 32.2. The number of halogens is 10. The molecule has 0 bridgehead atoms. The Morgan fingerprint density at radius 3 is 1.87 bits per heavy atom. The van der Waals surface area contributed by atoms with Gasteiger partial charge in [0.2, 0.25) is 10.0 Å². The van der Waals surface area contributed by atoms with Crippen molar-refractivity contribution in [2.24, 2.45) is 5.92 Å². The summed E-state index contributed by atoms with van der Waals surface area (Å²) in [6.07, 6.45) is -24.3. The summed E-state index contributed by atoms with van der Waals surface area (Å²) in [4.78, 5) is 10.1. The Morgan fingerprint density at radius 2 is 1.45 bits per heavy atom. The molecule has 0 heterocycles. The van der Waals surface area contributed by atoms with Gasteiger partial charge in [-0.25, -0.2) is 17.5 Å². The van der Waals surface area contributed by atoms with Gasteiger partial charge in [0.15, 0.2) is 0 Å². The van der Waals surface area contributed by atoms with Crippen LogP contribution in [0.2, 0.25) is 0 Å². The number of carboxylic acids is 1. The number of nitrogens with one attached hydrogen (secondary N) is 1. The lowest BCUT2D eigenvalue weighted by Crippen LogP contribution is -2.87. The molecule has 0 saturated heterocycles. The highest BCUT2D eigenvalue weighted by Gasteiger charge is 2.73. The summed E-state index contributed by atoms with van der Waals surface area (Å²) in [6.45, 7) is -0.484. The summed E-state index contributed by atoms with van der Waals surface area (Å²) in [5.41, 5.74) is -6.11. The van der Waals surface area contributed by atoms with Crippen molar-refractivity contribution in [1.82, 2.24) is 4.72 Å². The fraction of sp³-hybridized carbons (Fsp3) is 0.929. The summed E-state index contributed by atoms with van der Waals surface area (Å²) in [6, 6.07) is 0. The second kappa shape index (κ2) is 11.0. The molecule has 31 heavy (non-hydrogen) atoms. The number of rotatable bonds is 13. The molecule has 3 N–H and O–H groups in total. The van der Waals surface area contributed by atoms with E-state index in [9.17, 15) is 62.2 Å². The van der Waals surface area contributed by atoms with Gasteiger partial charge >= 0.3 is 18.5 Å². The smallest absolute Gasteiger partial charge is 0.431 e. The van der Waals surface area contributed by atoms with Crippen molar-refractivity contribution in [2.75, 3.05) is 25.4 Å². The van der Waals surface area contributed by atoms with Crippen molar-refractivity contribution in [2.45, 2.75) is 49.9 Å². The quantitative estimate of drug-likeness (QED) is 0.287. The van der Waals surface area contributed by atoms with Gasteiger partial charge in [0.1, 0.15) is 6.54 Å². The van der Waals surface area contributed by atoms with Crippen LogP contribution in [0, 0.1) is 5.92 Å². The van der Waals surface area contributed by atoms with E-state index in [2.05, 4.69) is 0 Å². The molecule has 0 aliphatic heterocycles. The number of quaternary nitrogens is 1. The van der Waals surface area contributed by atoms with Crippen LogP contribution in [0.15, 0.2) is 0 Å². The zero-order valence-electron chi connectivity index (χ0n) is 15.6. The predicted octanol–water partition coefficient (Wildman–Crippen LogP) is 0.791. The second-order valence-corrected chi connectivity index (χ2v) is 8.53. The summed E-state index contributed by atoms with van der Waals surface area (Å²) in [5, 5.41) is 11.4. The fourth-order valence-electron chi connectivity index (χ4n) is 2.40. The molecule has 0 radical (unpaired) electrons.